The van der Waals surface area contributed by atoms with Gasteiger partial charge in [0, 0.05) is 30.7 Å². The van der Waals surface area contributed by atoms with Crippen molar-refractivity contribution in [3.05, 3.63) is 40.1 Å². The van der Waals surface area contributed by atoms with E-state index in [-0.39, 0.29) is 23.8 Å². The molecule has 0 radical (unpaired) electrons. The highest BCUT2D eigenvalue weighted by molar-refractivity contribution is 7.14. The molecule has 0 saturated carbocycles. The van der Waals surface area contributed by atoms with Crippen molar-refractivity contribution >= 4 is 29.3 Å². The van der Waals surface area contributed by atoms with Crippen LogP contribution in [-0.4, -0.2) is 47.7 Å². The van der Waals surface area contributed by atoms with Crippen LogP contribution in [0.25, 0.3) is 6.08 Å². The summed E-state index contributed by atoms with van der Waals surface area (Å²) in [7, 11) is 1.36. The number of aliphatic hydroxyl groups excluding tert-OH is 1. The molecular weight excluding hydrogens is 398 g/mol. The van der Waals surface area contributed by atoms with Gasteiger partial charge in [0.1, 0.15) is 4.88 Å². The second-order valence-corrected chi connectivity index (χ2v) is 8.52. The van der Waals surface area contributed by atoms with Crippen molar-refractivity contribution in [1.82, 2.24) is 4.90 Å². The quantitative estimate of drug-likeness (QED) is 0.361. The van der Waals surface area contributed by atoms with E-state index in [4.69, 9.17) is 4.74 Å². The fourth-order valence-electron chi connectivity index (χ4n) is 3.13. The van der Waals surface area contributed by atoms with Gasteiger partial charge in [0.15, 0.2) is 0 Å². The third kappa shape index (κ3) is 7.16. The summed E-state index contributed by atoms with van der Waals surface area (Å²) in [5, 5.41) is 10.4. The summed E-state index contributed by atoms with van der Waals surface area (Å²) in [6.07, 6.45) is 10.9. The molecule has 30 heavy (non-hydrogen) atoms. The number of esters is 1. The fourth-order valence-corrected chi connectivity index (χ4v) is 3.98. The zero-order valence-corrected chi connectivity index (χ0v) is 18.8. The Morgan fingerprint density at radius 3 is 2.97 bits per heavy atom. The molecule has 1 amide bonds. The SMILES string of the molecule is CCCC#CC[C@H](C)[C@@H](O)/C=C\[C@H]1CCC(=O)N1CC=Cc1ccc(C(=O)OC)s1. The molecule has 162 valence electrons. The zero-order chi connectivity index (χ0) is 21.9. The maximum absolute atomic E-state index is 12.3. The molecule has 1 saturated heterocycles. The third-order valence-electron chi connectivity index (χ3n) is 5.01. The lowest BCUT2D eigenvalue weighted by atomic mass is 10.00. The van der Waals surface area contributed by atoms with Gasteiger partial charge in [-0.2, -0.15) is 0 Å². The monoisotopic (exact) mass is 429 g/mol. The van der Waals surface area contributed by atoms with Crippen LogP contribution in [-0.2, 0) is 9.53 Å². The van der Waals surface area contributed by atoms with Gasteiger partial charge in [0.25, 0.3) is 0 Å². The van der Waals surface area contributed by atoms with Crippen LogP contribution in [0.5, 0.6) is 0 Å². The lowest BCUT2D eigenvalue weighted by Gasteiger charge is -2.21. The summed E-state index contributed by atoms with van der Waals surface area (Å²) in [5.74, 6) is 6.05. The number of thiophene rings is 1. The van der Waals surface area contributed by atoms with E-state index >= 15 is 0 Å². The van der Waals surface area contributed by atoms with E-state index in [1.165, 1.54) is 18.4 Å². The fraction of sp³-hybridized carbons (Fsp3) is 0.500. The molecule has 1 aromatic rings. The molecule has 0 aliphatic carbocycles. The largest absolute Gasteiger partial charge is 0.465 e. The van der Waals surface area contributed by atoms with Gasteiger partial charge < -0.3 is 14.7 Å². The first-order valence-electron chi connectivity index (χ1n) is 10.4. The number of methoxy groups -OCH3 is 1. The first-order chi connectivity index (χ1) is 14.5. The first kappa shape index (κ1) is 23.9. The van der Waals surface area contributed by atoms with Gasteiger partial charge in [-0.05, 0) is 37.0 Å². The van der Waals surface area contributed by atoms with Crippen LogP contribution >= 0.6 is 11.3 Å². The third-order valence-corrected chi connectivity index (χ3v) is 6.04. The molecule has 5 nitrogen and oxygen atoms in total. The van der Waals surface area contributed by atoms with Gasteiger partial charge >= 0.3 is 5.97 Å². The number of hydrogen-bond acceptors (Lipinski definition) is 5. The van der Waals surface area contributed by atoms with E-state index in [0.717, 1.165) is 24.1 Å². The minimum Gasteiger partial charge on any atom is -0.465 e. The first-order valence-corrected chi connectivity index (χ1v) is 11.2. The van der Waals surface area contributed by atoms with Crippen molar-refractivity contribution in [2.24, 2.45) is 5.92 Å². The van der Waals surface area contributed by atoms with Crippen LogP contribution in [0.3, 0.4) is 0 Å². The molecule has 1 N–H and O–H groups in total. The number of unbranched alkanes of at least 4 members (excludes halogenated alkanes) is 1. The van der Waals surface area contributed by atoms with Crippen LogP contribution in [0.4, 0.5) is 0 Å². The Morgan fingerprint density at radius 1 is 1.43 bits per heavy atom. The Hall–Kier alpha value is -2.36. The summed E-state index contributed by atoms with van der Waals surface area (Å²) in [4.78, 5) is 27.1. The Morgan fingerprint density at radius 2 is 2.23 bits per heavy atom. The van der Waals surface area contributed by atoms with Crippen LogP contribution in [0, 0.1) is 17.8 Å². The molecular formula is C24H31NO4S. The summed E-state index contributed by atoms with van der Waals surface area (Å²) >= 11 is 1.35. The predicted molar refractivity (Wildman–Crippen MR) is 121 cm³/mol. The minimum atomic E-state index is -0.572. The van der Waals surface area contributed by atoms with Crippen molar-refractivity contribution in [1.29, 1.82) is 0 Å². The van der Waals surface area contributed by atoms with Crippen molar-refractivity contribution in [3.63, 3.8) is 0 Å². The van der Waals surface area contributed by atoms with Crippen molar-refractivity contribution < 1.29 is 19.4 Å². The number of likely N-dealkylation sites (tertiary alicyclic amines) is 1. The number of ether oxygens (including phenoxy) is 1. The molecule has 1 aromatic heterocycles. The summed E-state index contributed by atoms with van der Waals surface area (Å²) < 4.78 is 4.72. The summed E-state index contributed by atoms with van der Waals surface area (Å²) in [5.41, 5.74) is 0. The minimum absolute atomic E-state index is 0.0101. The summed E-state index contributed by atoms with van der Waals surface area (Å²) in [6, 6.07) is 3.58. The molecule has 1 aliphatic heterocycles. The maximum atomic E-state index is 12.3. The van der Waals surface area contributed by atoms with E-state index in [1.54, 1.807) is 12.1 Å². The van der Waals surface area contributed by atoms with E-state index in [2.05, 4.69) is 18.8 Å². The van der Waals surface area contributed by atoms with Gasteiger partial charge in [0.05, 0.1) is 19.3 Å². The number of amides is 1. The molecule has 2 rings (SSSR count). The van der Waals surface area contributed by atoms with E-state index in [1.807, 2.05) is 36.1 Å². The molecule has 0 aromatic carbocycles. The molecule has 0 bridgehead atoms. The predicted octanol–water partition coefficient (Wildman–Crippen LogP) is 4.29. The zero-order valence-electron chi connectivity index (χ0n) is 18.0. The smallest absolute Gasteiger partial charge is 0.348 e. The normalized spacial score (nSPS) is 18.6. The average Bonchev–Trinajstić information content (AvgIpc) is 3.36. The van der Waals surface area contributed by atoms with Crippen molar-refractivity contribution in [2.75, 3.05) is 13.7 Å². The highest BCUT2D eigenvalue weighted by Gasteiger charge is 2.28. The van der Waals surface area contributed by atoms with E-state index in [9.17, 15) is 14.7 Å². The van der Waals surface area contributed by atoms with Gasteiger partial charge in [-0.15, -0.1) is 23.2 Å². The van der Waals surface area contributed by atoms with E-state index in [0.29, 0.717) is 24.3 Å². The molecule has 0 spiro atoms. The van der Waals surface area contributed by atoms with Crippen LogP contribution in [0.1, 0.15) is 60.5 Å². The molecule has 2 heterocycles. The number of rotatable bonds is 9. The van der Waals surface area contributed by atoms with Crippen LogP contribution in [0.15, 0.2) is 30.4 Å². The number of hydrogen-bond donors (Lipinski definition) is 1. The number of aliphatic hydroxyl groups is 1. The number of carbonyl (C=O) groups excluding carboxylic acids is 2. The molecule has 1 fully saturated rings. The second kappa shape index (κ2) is 12.4. The standard InChI is InChI=1S/C24H31NO4S/c1-4-5-6-7-9-18(2)21(26)14-11-19-12-16-23(27)25(19)17-8-10-20-13-15-22(30-20)24(28)29-3/h8,10-11,13-15,18-19,21,26H,4-5,9,12,16-17H2,1-3H3/b10-8?,14-11-/t18-,19-,21-/m0/s1. The second-order valence-electron chi connectivity index (χ2n) is 7.41. The Kier molecular flexibility index (Phi) is 9.85. The molecule has 1 aliphatic rings. The lowest BCUT2D eigenvalue weighted by molar-refractivity contribution is -0.127. The highest BCUT2D eigenvalue weighted by atomic mass is 32.1. The van der Waals surface area contributed by atoms with Gasteiger partial charge in [-0.1, -0.05) is 32.1 Å². The highest BCUT2D eigenvalue weighted by Crippen LogP contribution is 2.22. The topological polar surface area (TPSA) is 66.8 Å². The average molecular weight is 430 g/mol. The Bertz CT molecular complexity index is 830. The maximum Gasteiger partial charge on any atom is 0.348 e. The van der Waals surface area contributed by atoms with Gasteiger partial charge in [0.2, 0.25) is 5.91 Å². The van der Waals surface area contributed by atoms with Crippen molar-refractivity contribution in [2.45, 2.75) is 58.1 Å². The Labute approximate surface area is 183 Å². The molecule has 0 unspecified atom stereocenters. The van der Waals surface area contributed by atoms with Gasteiger partial charge in [-0.3, -0.25) is 4.79 Å². The lowest BCUT2D eigenvalue weighted by Crippen LogP contribution is -2.32. The number of carbonyl (C=O) groups is 2. The molecule has 6 heteroatoms. The number of nitrogens with zero attached hydrogens (tertiary/aromatic N) is 1. The Balaban J connectivity index is 1.90. The van der Waals surface area contributed by atoms with Gasteiger partial charge in [-0.25, -0.2) is 4.79 Å². The summed E-state index contributed by atoms with van der Waals surface area (Å²) in [6.45, 7) is 4.58. The van der Waals surface area contributed by atoms with E-state index < -0.39 is 6.10 Å². The molecule has 3 atom stereocenters. The van der Waals surface area contributed by atoms with Crippen LogP contribution in [0.2, 0.25) is 0 Å². The van der Waals surface area contributed by atoms with Crippen molar-refractivity contribution in [3.8, 4) is 11.8 Å². The van der Waals surface area contributed by atoms with Crippen LogP contribution < -0.4 is 0 Å².